The molecule has 0 atom stereocenters. The molecule has 0 aromatic carbocycles. The van der Waals surface area contributed by atoms with Crippen LogP contribution in [0, 0.1) is 6.92 Å². The van der Waals surface area contributed by atoms with E-state index in [-0.39, 0.29) is 6.42 Å². The number of hydrogen-bond acceptors (Lipinski definition) is 3. The van der Waals surface area contributed by atoms with Gasteiger partial charge in [-0.2, -0.15) is 0 Å². The third kappa shape index (κ3) is 1.80. The smallest absolute Gasteiger partial charge is 0.308 e. The van der Waals surface area contributed by atoms with Gasteiger partial charge in [0.2, 0.25) is 0 Å². The predicted octanol–water partition coefficient (Wildman–Crippen LogP) is 2.35. The highest BCUT2D eigenvalue weighted by atomic mass is 32.1. The quantitative estimate of drug-likeness (QED) is 0.834. The highest BCUT2D eigenvalue weighted by molar-refractivity contribution is 7.12. The number of carboxylic acid groups (broad SMARTS) is 1. The lowest BCUT2D eigenvalue weighted by atomic mass is 9.86. The fourth-order valence-electron chi connectivity index (χ4n) is 1.58. The second-order valence-electron chi connectivity index (χ2n) is 3.76. The zero-order valence-electron chi connectivity index (χ0n) is 8.12. The summed E-state index contributed by atoms with van der Waals surface area (Å²) in [5.74, 6) is -0.154. The second-order valence-corrected chi connectivity index (χ2v) is 4.87. The molecule has 1 N–H and O–H groups in total. The maximum atomic E-state index is 10.6. The van der Waals surface area contributed by atoms with Gasteiger partial charge in [-0.15, -0.1) is 11.3 Å². The molecule has 0 unspecified atom stereocenters. The van der Waals surface area contributed by atoms with Gasteiger partial charge in [-0.05, 0) is 19.8 Å². The van der Waals surface area contributed by atoms with Gasteiger partial charge in [-0.3, -0.25) is 4.79 Å². The minimum Gasteiger partial charge on any atom is -0.481 e. The van der Waals surface area contributed by atoms with Crippen LogP contribution in [0.5, 0.6) is 0 Å². The van der Waals surface area contributed by atoms with Crippen molar-refractivity contribution in [2.75, 3.05) is 0 Å². The molecule has 1 aromatic rings. The second kappa shape index (κ2) is 3.69. The molecule has 1 aliphatic carbocycles. The van der Waals surface area contributed by atoms with Crippen molar-refractivity contribution in [2.24, 2.45) is 0 Å². The molecule has 1 saturated carbocycles. The van der Waals surface area contributed by atoms with Crippen LogP contribution in [-0.4, -0.2) is 16.1 Å². The van der Waals surface area contributed by atoms with E-state index in [0.29, 0.717) is 5.92 Å². The van der Waals surface area contributed by atoms with E-state index < -0.39 is 5.97 Å². The van der Waals surface area contributed by atoms with Crippen LogP contribution in [0.2, 0.25) is 0 Å². The number of aromatic nitrogens is 1. The van der Waals surface area contributed by atoms with Crippen molar-refractivity contribution in [2.45, 2.75) is 38.5 Å². The SMILES string of the molecule is Cc1nc(C2CCC2)sc1CC(=O)O. The minimum absolute atomic E-state index is 0.121. The Balaban J connectivity index is 2.16. The topological polar surface area (TPSA) is 50.2 Å². The molecule has 3 nitrogen and oxygen atoms in total. The molecule has 0 bridgehead atoms. The molecule has 0 saturated heterocycles. The van der Waals surface area contributed by atoms with Gasteiger partial charge in [-0.1, -0.05) is 6.42 Å². The van der Waals surface area contributed by atoms with Gasteiger partial charge in [-0.25, -0.2) is 4.98 Å². The van der Waals surface area contributed by atoms with Crippen molar-refractivity contribution in [3.05, 3.63) is 15.6 Å². The molecule has 0 spiro atoms. The normalized spacial score (nSPS) is 16.6. The minimum atomic E-state index is -0.767. The maximum Gasteiger partial charge on any atom is 0.308 e. The summed E-state index contributed by atoms with van der Waals surface area (Å²) in [6, 6.07) is 0. The molecule has 14 heavy (non-hydrogen) atoms. The van der Waals surface area contributed by atoms with Gasteiger partial charge in [0.25, 0.3) is 0 Å². The van der Waals surface area contributed by atoms with Crippen LogP contribution < -0.4 is 0 Å². The Morgan fingerprint density at radius 1 is 1.64 bits per heavy atom. The highest BCUT2D eigenvalue weighted by Crippen LogP contribution is 2.39. The lowest BCUT2D eigenvalue weighted by molar-refractivity contribution is -0.136. The van der Waals surface area contributed by atoms with Crippen molar-refractivity contribution in [3.8, 4) is 0 Å². The van der Waals surface area contributed by atoms with Crippen molar-refractivity contribution in [1.82, 2.24) is 4.98 Å². The van der Waals surface area contributed by atoms with Crippen LogP contribution in [-0.2, 0) is 11.2 Å². The Kier molecular flexibility index (Phi) is 2.54. The lowest BCUT2D eigenvalue weighted by Gasteiger charge is -2.22. The first-order valence-corrected chi connectivity index (χ1v) is 5.66. The summed E-state index contributed by atoms with van der Waals surface area (Å²) >= 11 is 1.58. The van der Waals surface area contributed by atoms with Crippen molar-refractivity contribution in [1.29, 1.82) is 0 Å². The molecule has 1 heterocycles. The van der Waals surface area contributed by atoms with Crippen molar-refractivity contribution < 1.29 is 9.90 Å². The number of carbonyl (C=O) groups is 1. The summed E-state index contributed by atoms with van der Waals surface area (Å²) < 4.78 is 0. The van der Waals surface area contributed by atoms with E-state index in [1.54, 1.807) is 11.3 Å². The molecular weight excluding hydrogens is 198 g/mol. The number of aryl methyl sites for hydroxylation is 1. The van der Waals surface area contributed by atoms with E-state index >= 15 is 0 Å². The maximum absolute atomic E-state index is 10.6. The summed E-state index contributed by atoms with van der Waals surface area (Å²) in [5, 5.41) is 9.83. The van der Waals surface area contributed by atoms with Gasteiger partial charge in [0.05, 0.1) is 17.1 Å². The van der Waals surface area contributed by atoms with Gasteiger partial charge in [0.15, 0.2) is 0 Å². The number of nitrogens with zero attached hydrogens (tertiary/aromatic N) is 1. The van der Waals surface area contributed by atoms with Crippen LogP contribution in [0.1, 0.15) is 40.8 Å². The Morgan fingerprint density at radius 3 is 2.86 bits per heavy atom. The average molecular weight is 211 g/mol. The van der Waals surface area contributed by atoms with Gasteiger partial charge in [0, 0.05) is 10.8 Å². The number of hydrogen-bond donors (Lipinski definition) is 1. The molecule has 76 valence electrons. The van der Waals surface area contributed by atoms with E-state index in [0.717, 1.165) is 15.6 Å². The molecule has 0 amide bonds. The standard InChI is InChI=1S/C10H13NO2S/c1-6-8(5-9(12)13)14-10(11-6)7-3-2-4-7/h7H,2-5H2,1H3,(H,12,13). The molecule has 0 aliphatic heterocycles. The van der Waals surface area contributed by atoms with E-state index in [1.807, 2.05) is 6.92 Å². The van der Waals surface area contributed by atoms with Gasteiger partial charge < -0.3 is 5.11 Å². The first kappa shape index (κ1) is 9.65. The van der Waals surface area contributed by atoms with Crippen LogP contribution >= 0.6 is 11.3 Å². The Morgan fingerprint density at radius 2 is 2.36 bits per heavy atom. The van der Waals surface area contributed by atoms with Crippen molar-refractivity contribution in [3.63, 3.8) is 0 Å². The zero-order valence-corrected chi connectivity index (χ0v) is 8.93. The Labute approximate surface area is 86.8 Å². The van der Waals surface area contributed by atoms with Crippen LogP contribution in [0.25, 0.3) is 0 Å². The summed E-state index contributed by atoms with van der Waals surface area (Å²) in [6.45, 7) is 1.90. The summed E-state index contributed by atoms with van der Waals surface area (Å²) in [5.41, 5.74) is 0.902. The summed E-state index contributed by atoms with van der Waals surface area (Å²) in [6.07, 6.45) is 3.85. The summed E-state index contributed by atoms with van der Waals surface area (Å²) in [7, 11) is 0. The third-order valence-corrected chi connectivity index (χ3v) is 4.00. The monoisotopic (exact) mass is 211 g/mol. The molecule has 0 radical (unpaired) electrons. The van der Waals surface area contributed by atoms with E-state index in [9.17, 15) is 4.79 Å². The molecular formula is C10H13NO2S. The van der Waals surface area contributed by atoms with E-state index in [2.05, 4.69) is 4.98 Å². The summed E-state index contributed by atoms with van der Waals surface area (Å²) in [4.78, 5) is 15.9. The molecule has 2 rings (SSSR count). The van der Waals surface area contributed by atoms with Gasteiger partial charge in [0.1, 0.15) is 0 Å². The Hall–Kier alpha value is -0.900. The predicted molar refractivity (Wildman–Crippen MR) is 54.8 cm³/mol. The third-order valence-electron chi connectivity index (χ3n) is 2.68. The largest absolute Gasteiger partial charge is 0.481 e. The lowest BCUT2D eigenvalue weighted by Crippen LogP contribution is -2.07. The van der Waals surface area contributed by atoms with Crippen LogP contribution in [0.3, 0.4) is 0 Å². The Bertz CT molecular complexity index is 355. The first-order valence-electron chi connectivity index (χ1n) is 4.85. The fourth-order valence-corrected chi connectivity index (χ4v) is 2.81. The van der Waals surface area contributed by atoms with Crippen molar-refractivity contribution >= 4 is 17.3 Å². The fraction of sp³-hybridized carbons (Fsp3) is 0.600. The van der Waals surface area contributed by atoms with Gasteiger partial charge >= 0.3 is 5.97 Å². The highest BCUT2D eigenvalue weighted by Gasteiger charge is 2.24. The van der Waals surface area contributed by atoms with E-state index in [4.69, 9.17) is 5.11 Å². The average Bonchev–Trinajstić information content (AvgIpc) is 2.27. The van der Waals surface area contributed by atoms with Crippen LogP contribution in [0.4, 0.5) is 0 Å². The van der Waals surface area contributed by atoms with E-state index in [1.165, 1.54) is 19.3 Å². The number of carboxylic acids is 1. The molecule has 1 aliphatic rings. The molecule has 1 fully saturated rings. The number of thiazole rings is 1. The number of aliphatic carboxylic acids is 1. The van der Waals surface area contributed by atoms with Crippen LogP contribution in [0.15, 0.2) is 0 Å². The first-order chi connectivity index (χ1) is 6.66. The molecule has 1 aromatic heterocycles. The molecule has 4 heteroatoms. The number of rotatable bonds is 3. The zero-order chi connectivity index (χ0) is 10.1.